The zero-order chi connectivity index (χ0) is 27.9. The van der Waals surface area contributed by atoms with Crippen LogP contribution >= 0.6 is 0 Å². The van der Waals surface area contributed by atoms with E-state index < -0.39 is 35.1 Å². The average molecular weight is 534 g/mol. The zero-order valence-electron chi connectivity index (χ0n) is 23.1. The monoisotopic (exact) mass is 533 g/mol. The molecule has 5 rings (SSSR count). The van der Waals surface area contributed by atoms with E-state index >= 15 is 0 Å². The quantitative estimate of drug-likeness (QED) is 0.459. The molecule has 3 aliphatic heterocycles. The smallest absolute Gasteiger partial charge is 0.246 e. The summed E-state index contributed by atoms with van der Waals surface area (Å²) in [6.45, 7) is 8.13. The minimum absolute atomic E-state index is 0.0509. The number of carbonyl (C=O) groups is 3. The van der Waals surface area contributed by atoms with Crippen LogP contribution in [0.1, 0.15) is 45.2 Å². The van der Waals surface area contributed by atoms with E-state index in [1.165, 1.54) is 4.90 Å². The fraction of sp³-hybridized carbons (Fsp3) is 0.516. The number of hydrogen-bond donors (Lipinski definition) is 3. The first-order valence-electron chi connectivity index (χ1n) is 13.9. The van der Waals surface area contributed by atoms with Gasteiger partial charge in [-0.2, -0.15) is 0 Å². The van der Waals surface area contributed by atoms with Gasteiger partial charge in [-0.25, -0.2) is 0 Å². The average Bonchev–Trinajstić information content (AvgIpc) is 3.44. The summed E-state index contributed by atoms with van der Waals surface area (Å²) in [5.74, 6) is -2.58. The molecule has 0 aliphatic carbocycles. The molecule has 3 heterocycles. The Balaban J connectivity index is 1.49. The number of hydrogen-bond acceptors (Lipinski definition) is 5. The molecule has 0 radical (unpaired) electrons. The highest BCUT2D eigenvalue weighted by Gasteiger charge is 2.80. The molecule has 2 bridgehead atoms. The second-order valence-corrected chi connectivity index (χ2v) is 11.9. The molecule has 0 aromatic heterocycles. The zero-order valence-corrected chi connectivity index (χ0v) is 23.1. The van der Waals surface area contributed by atoms with Crippen LogP contribution in [0.25, 0.3) is 0 Å². The highest BCUT2D eigenvalue weighted by molar-refractivity contribution is 5.99. The molecule has 2 aromatic carbocycles. The van der Waals surface area contributed by atoms with Gasteiger partial charge in [-0.15, -0.1) is 0 Å². The molecule has 3 N–H and O–H groups in total. The van der Waals surface area contributed by atoms with E-state index in [0.29, 0.717) is 19.5 Å². The van der Waals surface area contributed by atoms with Crippen molar-refractivity contribution in [1.29, 1.82) is 0 Å². The molecule has 3 unspecified atom stereocenters. The minimum atomic E-state index is -1.15. The van der Waals surface area contributed by atoms with Gasteiger partial charge in [0, 0.05) is 13.1 Å². The first-order chi connectivity index (χ1) is 18.6. The lowest BCUT2D eigenvalue weighted by molar-refractivity contribution is -0.152. The fourth-order valence-corrected chi connectivity index (χ4v) is 7.13. The van der Waals surface area contributed by atoms with Crippen LogP contribution in [-0.4, -0.2) is 57.6 Å². The van der Waals surface area contributed by atoms with Gasteiger partial charge in [0.2, 0.25) is 17.7 Å². The second-order valence-electron chi connectivity index (χ2n) is 11.9. The third kappa shape index (κ3) is 4.43. The van der Waals surface area contributed by atoms with Crippen molar-refractivity contribution >= 4 is 17.7 Å². The Bertz CT molecular complexity index is 1220. The van der Waals surface area contributed by atoms with Gasteiger partial charge in [0.05, 0.1) is 30.1 Å². The largest absolute Gasteiger partial charge is 0.394 e. The number of carbonyl (C=O) groups excluding carboxylic acids is 3. The van der Waals surface area contributed by atoms with Crippen molar-refractivity contribution in [2.45, 2.75) is 70.5 Å². The van der Waals surface area contributed by atoms with Crippen molar-refractivity contribution in [2.75, 3.05) is 6.61 Å². The Kier molecular flexibility index (Phi) is 7.29. The van der Waals surface area contributed by atoms with Crippen molar-refractivity contribution in [3.63, 3.8) is 0 Å². The van der Waals surface area contributed by atoms with Crippen LogP contribution in [0.3, 0.4) is 0 Å². The number of fused-ring (bicyclic) bond motifs is 1. The number of aliphatic hydroxyl groups is 1. The Hall–Kier alpha value is -3.23. The first kappa shape index (κ1) is 27.3. The van der Waals surface area contributed by atoms with Gasteiger partial charge in [0.25, 0.3) is 0 Å². The van der Waals surface area contributed by atoms with Crippen LogP contribution in [0.4, 0.5) is 0 Å². The van der Waals surface area contributed by atoms with Gasteiger partial charge in [0.1, 0.15) is 11.6 Å². The van der Waals surface area contributed by atoms with Crippen LogP contribution in [0.5, 0.6) is 0 Å². The summed E-state index contributed by atoms with van der Waals surface area (Å²) in [5, 5.41) is 16.4. The van der Waals surface area contributed by atoms with E-state index in [1.54, 1.807) is 0 Å². The molecule has 3 saturated heterocycles. The summed E-state index contributed by atoms with van der Waals surface area (Å²) in [7, 11) is 0. The van der Waals surface area contributed by atoms with Crippen molar-refractivity contribution in [3.8, 4) is 0 Å². The van der Waals surface area contributed by atoms with Gasteiger partial charge in [0.15, 0.2) is 0 Å². The highest BCUT2D eigenvalue weighted by Crippen LogP contribution is 2.65. The van der Waals surface area contributed by atoms with E-state index in [2.05, 4.69) is 10.6 Å². The van der Waals surface area contributed by atoms with Crippen LogP contribution in [0.2, 0.25) is 0 Å². The summed E-state index contributed by atoms with van der Waals surface area (Å²) in [6.07, 6.45) is 0.485. The maximum Gasteiger partial charge on any atom is 0.246 e. The maximum atomic E-state index is 14.3. The molecule has 7 atom stereocenters. The third-order valence-electron chi connectivity index (χ3n) is 9.22. The number of likely N-dealkylation sites (tertiary alicyclic amines) is 1. The predicted molar refractivity (Wildman–Crippen MR) is 146 cm³/mol. The van der Waals surface area contributed by atoms with Gasteiger partial charge in [-0.3, -0.25) is 14.4 Å². The van der Waals surface area contributed by atoms with E-state index in [1.807, 2.05) is 88.4 Å². The summed E-state index contributed by atoms with van der Waals surface area (Å²) in [4.78, 5) is 43.6. The van der Waals surface area contributed by atoms with Gasteiger partial charge < -0.3 is 25.4 Å². The van der Waals surface area contributed by atoms with Gasteiger partial charge in [-0.1, -0.05) is 81.4 Å². The van der Waals surface area contributed by atoms with E-state index in [-0.39, 0.29) is 36.2 Å². The normalized spacial score (nSPS) is 31.8. The number of benzene rings is 2. The predicted octanol–water partition coefficient (Wildman–Crippen LogP) is 2.65. The molecule has 1 spiro atoms. The molecule has 8 nitrogen and oxygen atoms in total. The van der Waals surface area contributed by atoms with Crippen LogP contribution in [-0.2, 0) is 32.2 Å². The fourth-order valence-electron chi connectivity index (χ4n) is 7.13. The number of nitrogens with zero attached hydrogens (tertiary/aromatic N) is 1. The van der Waals surface area contributed by atoms with Crippen molar-refractivity contribution in [1.82, 2.24) is 15.5 Å². The molecule has 0 saturated carbocycles. The summed E-state index contributed by atoms with van der Waals surface area (Å²) < 4.78 is 6.76. The lowest BCUT2D eigenvalue weighted by Gasteiger charge is -2.38. The molecular weight excluding hydrogens is 494 g/mol. The SMILES string of the molecule is CC(C)[C@H](CO)N1C(=O)[C@@H]2[C@@H](C(=O)NCc3ccccc3)[C@]3(C)OC2(CC3C)C1C(=O)NCc1ccccc1. The molecule has 2 aromatic rings. The molecule has 3 fully saturated rings. The molecule has 3 aliphatic rings. The lowest BCUT2D eigenvalue weighted by Crippen LogP contribution is -2.59. The topological polar surface area (TPSA) is 108 Å². The van der Waals surface area contributed by atoms with E-state index in [9.17, 15) is 19.5 Å². The second kappa shape index (κ2) is 10.4. The molecule has 208 valence electrons. The first-order valence-corrected chi connectivity index (χ1v) is 13.9. The molecule has 8 heteroatoms. The van der Waals surface area contributed by atoms with Crippen LogP contribution in [0.15, 0.2) is 60.7 Å². The minimum Gasteiger partial charge on any atom is -0.394 e. The summed E-state index contributed by atoms with van der Waals surface area (Å²) in [5.41, 5.74) is -0.144. The van der Waals surface area contributed by atoms with Crippen molar-refractivity contribution in [2.24, 2.45) is 23.7 Å². The maximum absolute atomic E-state index is 14.3. The van der Waals surface area contributed by atoms with Crippen LogP contribution in [0, 0.1) is 23.7 Å². The Morgan fingerprint density at radius 3 is 2.05 bits per heavy atom. The molecule has 39 heavy (non-hydrogen) atoms. The lowest BCUT2D eigenvalue weighted by atomic mass is 9.62. The number of amides is 3. The molecular formula is C31H39N3O5. The number of aliphatic hydroxyl groups excluding tert-OH is 1. The Morgan fingerprint density at radius 1 is 1.00 bits per heavy atom. The standard InChI is InChI=1S/C31H39N3O5/c1-19(2)23(18-35)34-26(28(37)33-17-22-13-9-6-10-14-22)31-15-20(3)30(4,39-31)24(25(31)29(34)38)27(36)32-16-21-11-7-5-8-12-21/h5-14,19-20,23-26,35H,15-18H2,1-4H3,(H,32,36)(H,33,37)/t20?,23-,24-,25-,26?,30+,31?/m0/s1. The summed E-state index contributed by atoms with van der Waals surface area (Å²) >= 11 is 0. The summed E-state index contributed by atoms with van der Waals surface area (Å²) in [6, 6.07) is 17.7. The number of ether oxygens (including phenoxy) is 1. The number of nitrogens with one attached hydrogen (secondary N) is 2. The van der Waals surface area contributed by atoms with Crippen molar-refractivity contribution in [3.05, 3.63) is 71.8 Å². The molecule has 3 amide bonds. The highest BCUT2D eigenvalue weighted by atomic mass is 16.5. The third-order valence-corrected chi connectivity index (χ3v) is 9.22. The number of rotatable bonds is 9. The van der Waals surface area contributed by atoms with Crippen molar-refractivity contribution < 1.29 is 24.2 Å². The van der Waals surface area contributed by atoms with Crippen LogP contribution < -0.4 is 10.6 Å². The Morgan fingerprint density at radius 2 is 1.54 bits per heavy atom. The van der Waals surface area contributed by atoms with E-state index in [4.69, 9.17) is 4.74 Å². The van der Waals surface area contributed by atoms with Gasteiger partial charge >= 0.3 is 0 Å². The Labute approximate surface area is 230 Å². The van der Waals surface area contributed by atoms with E-state index in [0.717, 1.165) is 11.1 Å². The van der Waals surface area contributed by atoms with Gasteiger partial charge in [-0.05, 0) is 36.3 Å².